The van der Waals surface area contributed by atoms with Crippen molar-refractivity contribution >= 4 is 5.91 Å². The first-order chi connectivity index (χ1) is 10.7. The zero-order chi connectivity index (χ0) is 15.6. The molecule has 1 saturated heterocycles. The predicted octanol–water partition coefficient (Wildman–Crippen LogP) is 2.85. The Kier molecular flexibility index (Phi) is 4.48. The minimum Gasteiger partial charge on any atom is -0.342 e. The summed E-state index contributed by atoms with van der Waals surface area (Å²) in [5.41, 5.74) is 0.375. The first kappa shape index (κ1) is 15.5. The summed E-state index contributed by atoms with van der Waals surface area (Å²) in [5, 5.41) is 3.29. The van der Waals surface area contributed by atoms with Crippen LogP contribution in [0, 0.1) is 5.82 Å². The Balaban J connectivity index is 1.83. The first-order valence-electron chi connectivity index (χ1n) is 8.38. The van der Waals surface area contributed by atoms with Crippen molar-refractivity contribution in [3.05, 3.63) is 35.6 Å². The van der Waals surface area contributed by atoms with Crippen LogP contribution in [0.3, 0.4) is 0 Å². The average molecular weight is 304 g/mol. The van der Waals surface area contributed by atoms with Gasteiger partial charge in [0.25, 0.3) is 0 Å². The van der Waals surface area contributed by atoms with E-state index in [4.69, 9.17) is 0 Å². The topological polar surface area (TPSA) is 32.3 Å². The van der Waals surface area contributed by atoms with Gasteiger partial charge in [-0.25, -0.2) is 4.39 Å². The van der Waals surface area contributed by atoms with Crippen LogP contribution < -0.4 is 5.32 Å². The molecule has 0 unspecified atom stereocenters. The van der Waals surface area contributed by atoms with Crippen LogP contribution in [0.2, 0.25) is 0 Å². The lowest BCUT2D eigenvalue weighted by Gasteiger charge is -2.38. The number of rotatable bonds is 3. The van der Waals surface area contributed by atoms with Gasteiger partial charge < -0.3 is 10.2 Å². The van der Waals surface area contributed by atoms with Gasteiger partial charge in [-0.1, -0.05) is 25.0 Å². The fraction of sp³-hybridized carbons (Fsp3) is 0.611. The average Bonchev–Trinajstić information content (AvgIpc) is 3.05. The van der Waals surface area contributed by atoms with Gasteiger partial charge in [0.1, 0.15) is 5.82 Å². The van der Waals surface area contributed by atoms with Crippen molar-refractivity contribution in [3.8, 4) is 0 Å². The lowest BCUT2D eigenvalue weighted by Crippen LogP contribution is -2.50. The molecule has 1 aliphatic heterocycles. The van der Waals surface area contributed by atoms with Gasteiger partial charge in [0, 0.05) is 19.1 Å². The maximum atomic E-state index is 13.7. The minimum atomic E-state index is -0.491. The van der Waals surface area contributed by atoms with Crippen molar-refractivity contribution < 1.29 is 9.18 Å². The summed E-state index contributed by atoms with van der Waals surface area (Å²) in [6, 6.07) is 7.18. The number of carbonyl (C=O) groups excluding carboxylic acids is 1. The van der Waals surface area contributed by atoms with Crippen molar-refractivity contribution in [1.82, 2.24) is 10.2 Å². The summed E-state index contributed by atoms with van der Waals surface area (Å²) in [6.07, 6.45) is 5.80. The lowest BCUT2D eigenvalue weighted by molar-refractivity contribution is -0.138. The van der Waals surface area contributed by atoms with Gasteiger partial charge in [0.2, 0.25) is 5.91 Å². The summed E-state index contributed by atoms with van der Waals surface area (Å²) in [5.74, 6) is -0.0318. The molecule has 1 aromatic rings. The second-order valence-corrected chi connectivity index (χ2v) is 6.65. The van der Waals surface area contributed by atoms with E-state index in [1.54, 1.807) is 12.1 Å². The normalized spacial score (nSPS) is 22.0. The van der Waals surface area contributed by atoms with E-state index >= 15 is 0 Å². The molecule has 3 nitrogen and oxygen atoms in total. The summed E-state index contributed by atoms with van der Waals surface area (Å²) in [6.45, 7) is 1.61. The highest BCUT2D eigenvalue weighted by Crippen LogP contribution is 2.43. The van der Waals surface area contributed by atoms with Gasteiger partial charge >= 0.3 is 0 Å². The highest BCUT2D eigenvalue weighted by atomic mass is 19.1. The zero-order valence-corrected chi connectivity index (χ0v) is 13.3. The number of hydrogen-bond donors (Lipinski definition) is 1. The van der Waals surface area contributed by atoms with Crippen molar-refractivity contribution in [1.29, 1.82) is 0 Å². The van der Waals surface area contributed by atoms with E-state index in [9.17, 15) is 9.18 Å². The monoisotopic (exact) mass is 304 g/mol. The van der Waals surface area contributed by atoms with Crippen molar-refractivity contribution in [3.63, 3.8) is 0 Å². The van der Waals surface area contributed by atoms with Gasteiger partial charge in [-0.05, 0) is 50.4 Å². The summed E-state index contributed by atoms with van der Waals surface area (Å²) < 4.78 is 13.7. The molecule has 0 spiro atoms. The number of benzene rings is 1. The van der Waals surface area contributed by atoms with Gasteiger partial charge in [0.05, 0.1) is 5.41 Å². The lowest BCUT2D eigenvalue weighted by atomic mass is 9.77. The Hall–Kier alpha value is -1.42. The standard InChI is InChI=1S/C18H25FN2O/c1-20-16-7-11-21(12-8-16)17(22)18(9-2-3-10-18)14-5-4-6-15(19)13-14/h4-6,13,16,20H,2-3,7-12H2,1H3. The second kappa shape index (κ2) is 6.37. The molecule has 1 N–H and O–H groups in total. The molecular weight excluding hydrogens is 279 g/mol. The van der Waals surface area contributed by atoms with Crippen LogP contribution in [0.1, 0.15) is 44.1 Å². The number of nitrogens with zero attached hydrogens (tertiary/aromatic N) is 1. The van der Waals surface area contributed by atoms with Crippen molar-refractivity contribution in [2.75, 3.05) is 20.1 Å². The van der Waals surface area contributed by atoms with Crippen LogP contribution in [0.15, 0.2) is 24.3 Å². The van der Waals surface area contributed by atoms with E-state index in [1.165, 1.54) is 6.07 Å². The molecule has 1 aromatic carbocycles. The molecule has 1 saturated carbocycles. The van der Waals surface area contributed by atoms with Crippen molar-refractivity contribution in [2.24, 2.45) is 0 Å². The van der Waals surface area contributed by atoms with E-state index in [2.05, 4.69) is 5.32 Å². The fourth-order valence-corrected chi connectivity index (χ4v) is 4.06. The number of hydrogen-bond acceptors (Lipinski definition) is 2. The minimum absolute atomic E-state index is 0.213. The van der Waals surface area contributed by atoms with Crippen LogP contribution in [-0.4, -0.2) is 37.0 Å². The number of nitrogens with one attached hydrogen (secondary N) is 1. The largest absolute Gasteiger partial charge is 0.342 e. The van der Waals surface area contributed by atoms with Crippen LogP contribution in [0.25, 0.3) is 0 Å². The fourth-order valence-electron chi connectivity index (χ4n) is 4.06. The third kappa shape index (κ3) is 2.76. The molecule has 1 heterocycles. The first-order valence-corrected chi connectivity index (χ1v) is 8.38. The summed E-state index contributed by atoms with van der Waals surface area (Å²) in [7, 11) is 1.98. The molecule has 0 aromatic heterocycles. The van der Waals surface area contributed by atoms with E-state index in [-0.39, 0.29) is 11.7 Å². The van der Waals surface area contributed by atoms with E-state index in [1.807, 2.05) is 18.0 Å². The van der Waals surface area contributed by atoms with E-state index in [0.717, 1.165) is 57.2 Å². The smallest absolute Gasteiger partial charge is 0.233 e. The summed E-state index contributed by atoms with van der Waals surface area (Å²) in [4.78, 5) is 15.2. The van der Waals surface area contributed by atoms with Crippen LogP contribution >= 0.6 is 0 Å². The quantitative estimate of drug-likeness (QED) is 0.931. The molecule has 0 bridgehead atoms. The number of halogens is 1. The van der Waals surface area contributed by atoms with Crippen LogP contribution in [-0.2, 0) is 10.2 Å². The van der Waals surface area contributed by atoms with Gasteiger partial charge in [-0.3, -0.25) is 4.79 Å². The Labute approximate surface area is 131 Å². The predicted molar refractivity (Wildman–Crippen MR) is 85.2 cm³/mol. The van der Waals surface area contributed by atoms with E-state index < -0.39 is 5.41 Å². The number of piperidine rings is 1. The van der Waals surface area contributed by atoms with Crippen LogP contribution in [0.4, 0.5) is 4.39 Å². The number of carbonyl (C=O) groups is 1. The molecule has 1 aliphatic carbocycles. The van der Waals surface area contributed by atoms with Crippen LogP contribution in [0.5, 0.6) is 0 Å². The molecule has 0 atom stereocenters. The maximum Gasteiger partial charge on any atom is 0.233 e. The Morgan fingerprint density at radius 1 is 1.27 bits per heavy atom. The Bertz CT molecular complexity index is 532. The highest BCUT2D eigenvalue weighted by Gasteiger charge is 2.45. The Morgan fingerprint density at radius 2 is 1.95 bits per heavy atom. The third-order valence-corrected chi connectivity index (χ3v) is 5.43. The third-order valence-electron chi connectivity index (χ3n) is 5.43. The molecule has 3 rings (SSSR count). The molecule has 1 amide bonds. The molecular formula is C18H25FN2O. The van der Waals surface area contributed by atoms with Gasteiger partial charge in [-0.2, -0.15) is 0 Å². The van der Waals surface area contributed by atoms with E-state index in [0.29, 0.717) is 6.04 Å². The molecule has 2 fully saturated rings. The molecule has 120 valence electrons. The van der Waals surface area contributed by atoms with Crippen molar-refractivity contribution in [2.45, 2.75) is 50.0 Å². The second-order valence-electron chi connectivity index (χ2n) is 6.65. The maximum absolute atomic E-state index is 13.7. The Morgan fingerprint density at radius 3 is 2.55 bits per heavy atom. The zero-order valence-electron chi connectivity index (χ0n) is 13.3. The number of amides is 1. The SMILES string of the molecule is CNC1CCN(C(=O)C2(c3cccc(F)c3)CCCC2)CC1. The highest BCUT2D eigenvalue weighted by molar-refractivity contribution is 5.88. The molecule has 0 radical (unpaired) electrons. The van der Waals surface area contributed by atoms with Gasteiger partial charge in [0.15, 0.2) is 0 Å². The number of likely N-dealkylation sites (tertiary alicyclic amines) is 1. The molecule has 2 aliphatic rings. The summed E-state index contributed by atoms with van der Waals surface area (Å²) >= 11 is 0. The van der Waals surface area contributed by atoms with Gasteiger partial charge in [-0.15, -0.1) is 0 Å². The molecule has 4 heteroatoms. The molecule has 22 heavy (non-hydrogen) atoms.